The summed E-state index contributed by atoms with van der Waals surface area (Å²) in [6.07, 6.45) is 3.89. The number of nitro benzene ring substituents is 1. The molecule has 2 N–H and O–H groups in total. The smallest absolute Gasteiger partial charge is 0.269 e. The van der Waals surface area contributed by atoms with Gasteiger partial charge in [-0.25, -0.2) is 0 Å². The monoisotopic (exact) mass is 526 g/mol. The van der Waals surface area contributed by atoms with E-state index in [1.165, 1.54) is 12.1 Å². The predicted octanol–water partition coefficient (Wildman–Crippen LogP) is 5.09. The average Bonchev–Trinajstić information content (AvgIpc) is 3.53. The Morgan fingerprint density at radius 1 is 1.08 bits per heavy atom. The first-order valence-corrected chi connectivity index (χ1v) is 12.6. The number of nitrogens with zero attached hydrogens (tertiary/aromatic N) is 4. The molecule has 0 bridgehead atoms. The minimum atomic E-state index is -0.416. The summed E-state index contributed by atoms with van der Waals surface area (Å²) in [6.45, 7) is 2.39. The lowest BCUT2D eigenvalue weighted by Gasteiger charge is -2.28. The Bertz CT molecular complexity index is 1450. The van der Waals surface area contributed by atoms with E-state index < -0.39 is 4.92 Å². The third-order valence-corrected chi connectivity index (χ3v) is 6.89. The van der Waals surface area contributed by atoms with Crippen LogP contribution in [0, 0.1) is 17.0 Å². The van der Waals surface area contributed by atoms with Crippen molar-refractivity contribution in [2.45, 2.75) is 25.4 Å². The van der Waals surface area contributed by atoms with E-state index in [-0.39, 0.29) is 30.1 Å². The number of aromatic nitrogens is 2. The van der Waals surface area contributed by atoms with Crippen molar-refractivity contribution in [2.24, 2.45) is 0 Å². The number of thiocarbonyl (C=S) groups is 1. The highest BCUT2D eigenvalue weighted by Gasteiger charge is 2.41. The third-order valence-electron chi connectivity index (χ3n) is 6.53. The molecule has 9 nitrogen and oxygen atoms in total. The molecule has 2 aromatic carbocycles. The number of anilines is 1. The zero-order valence-corrected chi connectivity index (χ0v) is 21.5. The molecule has 2 atom stereocenters. The molecular weight excluding hydrogens is 500 g/mol. The van der Waals surface area contributed by atoms with Gasteiger partial charge < -0.3 is 20.1 Å². The molecule has 0 unspecified atom stereocenters. The van der Waals surface area contributed by atoms with Gasteiger partial charge in [-0.1, -0.05) is 23.8 Å². The number of nitro groups is 1. The molecule has 1 fully saturated rings. The highest BCUT2D eigenvalue weighted by molar-refractivity contribution is 7.80. The van der Waals surface area contributed by atoms with Crippen LogP contribution in [0.5, 0.6) is 0 Å². The maximum Gasteiger partial charge on any atom is 0.269 e. The summed E-state index contributed by atoms with van der Waals surface area (Å²) in [7, 11) is 0. The zero-order valence-electron chi connectivity index (χ0n) is 20.7. The van der Waals surface area contributed by atoms with Crippen LogP contribution in [0.2, 0.25) is 0 Å². The highest BCUT2D eigenvalue weighted by Crippen LogP contribution is 2.39. The van der Waals surface area contributed by atoms with E-state index >= 15 is 0 Å². The molecule has 192 valence electrons. The molecule has 0 spiro atoms. The normalized spacial score (nSPS) is 16.8. The SMILES string of the molecule is Cc1ccc(NC(=O)CCN2C(=S)N[C@H](c3ccccn3)[C@H]2c2cccn2-c2ccc([N+](=O)[O-])cc2)cc1. The van der Waals surface area contributed by atoms with Crippen LogP contribution in [0.15, 0.2) is 91.3 Å². The first-order chi connectivity index (χ1) is 18.4. The van der Waals surface area contributed by atoms with Crippen LogP contribution in [0.25, 0.3) is 5.69 Å². The fourth-order valence-corrected chi connectivity index (χ4v) is 4.99. The van der Waals surface area contributed by atoms with E-state index in [0.717, 1.165) is 28.3 Å². The molecule has 5 rings (SSSR count). The average molecular weight is 527 g/mol. The summed E-state index contributed by atoms with van der Waals surface area (Å²) in [4.78, 5) is 30.1. The molecule has 38 heavy (non-hydrogen) atoms. The fraction of sp³-hybridized carbons (Fsp3) is 0.179. The van der Waals surface area contributed by atoms with Gasteiger partial charge in [-0.2, -0.15) is 0 Å². The molecule has 2 aromatic heterocycles. The van der Waals surface area contributed by atoms with Crippen molar-refractivity contribution in [3.05, 3.63) is 118 Å². The maximum absolute atomic E-state index is 12.8. The summed E-state index contributed by atoms with van der Waals surface area (Å²) in [6, 6.07) is 23.2. The molecule has 3 heterocycles. The molecule has 1 aliphatic heterocycles. The van der Waals surface area contributed by atoms with E-state index in [0.29, 0.717) is 11.7 Å². The molecular formula is C28H26N6O3S. The maximum atomic E-state index is 12.8. The number of benzene rings is 2. The van der Waals surface area contributed by atoms with E-state index in [9.17, 15) is 14.9 Å². The number of hydrogen-bond donors (Lipinski definition) is 2. The molecule has 1 aliphatic rings. The second-order valence-electron chi connectivity index (χ2n) is 9.06. The van der Waals surface area contributed by atoms with Gasteiger partial charge in [0, 0.05) is 54.6 Å². The molecule has 10 heteroatoms. The van der Waals surface area contributed by atoms with Gasteiger partial charge in [0.05, 0.1) is 22.7 Å². The van der Waals surface area contributed by atoms with Crippen LogP contribution in [-0.2, 0) is 4.79 Å². The first kappa shape index (κ1) is 25.1. The number of rotatable bonds is 8. The number of hydrogen-bond acceptors (Lipinski definition) is 5. The Balaban J connectivity index is 1.43. The Hall–Kier alpha value is -4.57. The summed E-state index contributed by atoms with van der Waals surface area (Å²) >= 11 is 5.74. The minimum Gasteiger partial charge on any atom is -0.352 e. The first-order valence-electron chi connectivity index (χ1n) is 12.2. The predicted molar refractivity (Wildman–Crippen MR) is 149 cm³/mol. The second-order valence-corrected chi connectivity index (χ2v) is 9.45. The van der Waals surface area contributed by atoms with Crippen LogP contribution < -0.4 is 10.6 Å². The van der Waals surface area contributed by atoms with Crippen LogP contribution in [0.3, 0.4) is 0 Å². The second kappa shape index (κ2) is 10.8. The van der Waals surface area contributed by atoms with E-state index in [4.69, 9.17) is 12.2 Å². The minimum absolute atomic E-state index is 0.0266. The van der Waals surface area contributed by atoms with Crippen LogP contribution >= 0.6 is 12.2 Å². The van der Waals surface area contributed by atoms with Gasteiger partial charge in [-0.3, -0.25) is 19.9 Å². The van der Waals surface area contributed by atoms with Crippen LogP contribution in [0.4, 0.5) is 11.4 Å². The Morgan fingerprint density at radius 2 is 1.84 bits per heavy atom. The number of carbonyl (C=O) groups is 1. The Labute approximate surface area is 225 Å². The molecule has 1 saturated heterocycles. The standard InChI is InChI=1S/C28H26N6O3S/c1-19-7-9-20(10-8-19)30-25(35)15-18-33-27(26(31-28(33)38)23-5-2-3-16-29-23)24-6-4-17-32(24)21-11-13-22(14-12-21)34(36)37/h2-14,16-17,26-27H,15,18H2,1H3,(H,30,35)(H,31,38)/t26-,27-/m1/s1. The molecule has 4 aromatic rings. The lowest BCUT2D eigenvalue weighted by atomic mass is 10.0. The third kappa shape index (κ3) is 5.25. The van der Waals surface area contributed by atoms with Gasteiger partial charge in [0.15, 0.2) is 5.11 Å². The highest BCUT2D eigenvalue weighted by atomic mass is 32.1. The number of aryl methyl sites for hydroxylation is 1. The van der Waals surface area contributed by atoms with Crippen molar-refractivity contribution in [1.29, 1.82) is 0 Å². The molecule has 0 saturated carbocycles. The van der Waals surface area contributed by atoms with Crippen molar-refractivity contribution in [1.82, 2.24) is 19.8 Å². The lowest BCUT2D eigenvalue weighted by Crippen LogP contribution is -2.33. The topological polar surface area (TPSA) is 105 Å². The number of nitrogens with one attached hydrogen (secondary N) is 2. The number of pyridine rings is 1. The van der Waals surface area contributed by atoms with Crippen molar-refractivity contribution in [2.75, 3.05) is 11.9 Å². The Morgan fingerprint density at radius 3 is 2.53 bits per heavy atom. The van der Waals surface area contributed by atoms with E-state index in [2.05, 4.69) is 15.6 Å². The zero-order chi connectivity index (χ0) is 26.6. The van der Waals surface area contributed by atoms with Gasteiger partial charge in [0.2, 0.25) is 5.91 Å². The largest absolute Gasteiger partial charge is 0.352 e. The van der Waals surface area contributed by atoms with Gasteiger partial charge in [0.1, 0.15) is 0 Å². The molecule has 1 amide bonds. The summed E-state index contributed by atoms with van der Waals surface area (Å²) in [5.41, 5.74) is 4.42. The van der Waals surface area contributed by atoms with E-state index in [1.807, 2.05) is 77.2 Å². The van der Waals surface area contributed by atoms with Crippen molar-refractivity contribution >= 4 is 34.6 Å². The Kier molecular flexibility index (Phi) is 7.14. The molecule has 0 radical (unpaired) electrons. The van der Waals surface area contributed by atoms with Crippen molar-refractivity contribution < 1.29 is 9.72 Å². The number of carbonyl (C=O) groups excluding carboxylic acids is 1. The van der Waals surface area contributed by atoms with Crippen molar-refractivity contribution in [3.8, 4) is 5.69 Å². The van der Waals surface area contributed by atoms with E-state index in [1.54, 1.807) is 18.3 Å². The summed E-state index contributed by atoms with van der Waals surface area (Å²) < 4.78 is 1.99. The lowest BCUT2D eigenvalue weighted by molar-refractivity contribution is -0.384. The van der Waals surface area contributed by atoms with Gasteiger partial charge >= 0.3 is 0 Å². The summed E-state index contributed by atoms with van der Waals surface area (Å²) in [5.74, 6) is -0.109. The van der Waals surface area contributed by atoms with Crippen LogP contribution in [0.1, 0.15) is 35.5 Å². The van der Waals surface area contributed by atoms with Gasteiger partial charge in [-0.15, -0.1) is 0 Å². The quantitative estimate of drug-likeness (QED) is 0.187. The van der Waals surface area contributed by atoms with Crippen molar-refractivity contribution in [3.63, 3.8) is 0 Å². The van der Waals surface area contributed by atoms with Crippen LogP contribution in [-0.4, -0.2) is 36.9 Å². The molecule has 0 aliphatic carbocycles. The summed E-state index contributed by atoms with van der Waals surface area (Å²) in [5, 5.41) is 18.0. The number of amides is 1. The van der Waals surface area contributed by atoms with Gasteiger partial charge in [0.25, 0.3) is 5.69 Å². The fourth-order valence-electron chi connectivity index (χ4n) is 4.66. The van der Waals surface area contributed by atoms with Gasteiger partial charge in [-0.05, 0) is 67.7 Å². The number of non-ortho nitro benzene ring substituents is 1.